The molecule has 3 aromatic heterocycles. The predicted octanol–water partition coefficient (Wildman–Crippen LogP) is 4.76. The predicted molar refractivity (Wildman–Crippen MR) is 201 cm³/mol. The first-order valence-corrected chi connectivity index (χ1v) is 19.9. The molecule has 5 heterocycles. The van der Waals surface area contributed by atoms with Crippen molar-refractivity contribution in [2.45, 2.75) is 18.9 Å². The third kappa shape index (κ3) is 7.20. The van der Waals surface area contributed by atoms with Gasteiger partial charge in [0.05, 0.1) is 48.0 Å². The van der Waals surface area contributed by atoms with Crippen molar-refractivity contribution in [1.29, 1.82) is 0 Å². The molecular formula is C34H42BrN11O2P+. The van der Waals surface area contributed by atoms with Gasteiger partial charge in [0.1, 0.15) is 11.3 Å². The summed E-state index contributed by atoms with van der Waals surface area (Å²) in [6.45, 7) is 9.82. The summed E-state index contributed by atoms with van der Waals surface area (Å²) in [6, 6.07) is 8.66. The number of rotatable bonds is 9. The van der Waals surface area contributed by atoms with Gasteiger partial charge in [0.2, 0.25) is 5.95 Å². The average Bonchev–Trinajstić information content (AvgIpc) is 3.55. The average molecular weight is 748 g/mol. The van der Waals surface area contributed by atoms with Crippen LogP contribution in [0.2, 0.25) is 0 Å². The van der Waals surface area contributed by atoms with E-state index < -0.39 is 7.49 Å². The zero-order valence-corrected chi connectivity index (χ0v) is 30.7. The van der Waals surface area contributed by atoms with E-state index in [1.54, 1.807) is 25.7 Å². The maximum Gasteiger partial charge on any atom is 0.229 e. The highest BCUT2D eigenvalue weighted by Crippen LogP contribution is 2.49. The van der Waals surface area contributed by atoms with Crippen LogP contribution in [0.1, 0.15) is 12.8 Å². The Morgan fingerprint density at radius 1 is 0.980 bits per heavy atom. The lowest BCUT2D eigenvalue weighted by Gasteiger charge is -2.42. The maximum absolute atomic E-state index is 11.3. The van der Waals surface area contributed by atoms with Crippen LogP contribution in [-0.2, 0) is 7.05 Å². The molecule has 2 saturated heterocycles. The Morgan fingerprint density at radius 3 is 2.47 bits per heavy atom. The molecule has 2 aromatic carbocycles. The smallest absolute Gasteiger partial charge is 0.229 e. The molecule has 0 aliphatic carbocycles. The van der Waals surface area contributed by atoms with Crippen LogP contribution in [0.15, 0.2) is 59.7 Å². The SMILES string of the molecule is COc1cc(N2CCN(C3CCNCC3)CC2)c(-c2cnn(C)c2)cc1Nc1ncc(Br)c(Nc2ccc3nccnc3c2[P+](C)(C)O)n1. The summed E-state index contributed by atoms with van der Waals surface area (Å²) in [5, 5.41) is 15.5. The lowest BCUT2D eigenvalue weighted by Crippen LogP contribution is -2.52. The zero-order valence-electron chi connectivity index (χ0n) is 28.2. The summed E-state index contributed by atoms with van der Waals surface area (Å²) < 4.78 is 8.45. The van der Waals surface area contributed by atoms with E-state index in [2.05, 4.69) is 73.9 Å². The summed E-state index contributed by atoms with van der Waals surface area (Å²) >= 11 is 3.61. The fourth-order valence-electron chi connectivity index (χ4n) is 6.83. The van der Waals surface area contributed by atoms with Crippen molar-refractivity contribution in [3.05, 3.63) is 59.7 Å². The summed E-state index contributed by atoms with van der Waals surface area (Å²) in [6.07, 6.45) is 11.3. The van der Waals surface area contributed by atoms with Crippen molar-refractivity contribution in [3.8, 4) is 16.9 Å². The van der Waals surface area contributed by atoms with E-state index in [0.29, 0.717) is 39.2 Å². The maximum atomic E-state index is 11.3. The van der Waals surface area contributed by atoms with Gasteiger partial charge in [0.25, 0.3) is 0 Å². The zero-order chi connectivity index (χ0) is 34.1. The molecule has 0 unspecified atom stereocenters. The minimum Gasteiger partial charge on any atom is -0.494 e. The number of anilines is 5. The van der Waals surface area contributed by atoms with Gasteiger partial charge >= 0.3 is 0 Å². The summed E-state index contributed by atoms with van der Waals surface area (Å²) in [4.78, 5) is 34.8. The Morgan fingerprint density at radius 2 is 1.76 bits per heavy atom. The van der Waals surface area contributed by atoms with Crippen LogP contribution in [0.25, 0.3) is 22.2 Å². The first-order valence-electron chi connectivity index (χ1n) is 16.5. The van der Waals surface area contributed by atoms with Gasteiger partial charge in [-0.3, -0.25) is 14.6 Å². The number of aromatic nitrogens is 6. The van der Waals surface area contributed by atoms with Crippen molar-refractivity contribution >= 4 is 68.6 Å². The molecule has 15 heteroatoms. The first kappa shape index (κ1) is 33.6. The lowest BCUT2D eigenvalue weighted by molar-refractivity contribution is 0.153. The van der Waals surface area contributed by atoms with Gasteiger partial charge < -0.3 is 25.6 Å². The fourth-order valence-corrected chi connectivity index (χ4v) is 8.53. The van der Waals surface area contributed by atoms with E-state index in [1.807, 2.05) is 49.6 Å². The number of nitrogens with one attached hydrogen (secondary N) is 3. The Kier molecular flexibility index (Phi) is 9.67. The number of nitrogens with zero attached hydrogens (tertiary/aromatic N) is 8. The molecule has 7 rings (SSSR count). The van der Waals surface area contributed by atoms with E-state index in [-0.39, 0.29) is 0 Å². The van der Waals surface area contributed by atoms with Gasteiger partial charge in [-0.25, -0.2) is 14.9 Å². The third-order valence-electron chi connectivity index (χ3n) is 9.22. The van der Waals surface area contributed by atoms with Crippen LogP contribution in [0.4, 0.5) is 28.8 Å². The second kappa shape index (κ2) is 14.1. The Labute approximate surface area is 295 Å². The first-order chi connectivity index (χ1) is 23.7. The van der Waals surface area contributed by atoms with E-state index in [0.717, 1.165) is 72.6 Å². The molecule has 2 aliphatic heterocycles. The van der Waals surface area contributed by atoms with Crippen molar-refractivity contribution in [2.75, 3.05) is 75.2 Å². The Bertz CT molecular complexity index is 1950. The van der Waals surface area contributed by atoms with Crippen LogP contribution in [0, 0.1) is 0 Å². The number of hydrogen-bond donors (Lipinski definition) is 4. The van der Waals surface area contributed by atoms with Crippen molar-refractivity contribution < 1.29 is 9.63 Å². The molecule has 13 nitrogen and oxygen atoms in total. The van der Waals surface area contributed by atoms with Crippen molar-refractivity contribution in [3.63, 3.8) is 0 Å². The normalized spacial score (nSPS) is 16.2. The van der Waals surface area contributed by atoms with E-state index in [4.69, 9.17) is 9.72 Å². The number of ether oxygens (including phenoxy) is 1. The van der Waals surface area contributed by atoms with Crippen LogP contribution in [0.5, 0.6) is 5.75 Å². The number of methoxy groups -OCH3 is 1. The van der Waals surface area contributed by atoms with Crippen LogP contribution >= 0.6 is 23.4 Å². The van der Waals surface area contributed by atoms with Gasteiger partial charge in [-0.15, -0.1) is 0 Å². The lowest BCUT2D eigenvalue weighted by atomic mass is 10.0. The van der Waals surface area contributed by atoms with E-state index in [9.17, 15) is 4.89 Å². The van der Waals surface area contributed by atoms with Gasteiger partial charge in [-0.1, -0.05) is 0 Å². The van der Waals surface area contributed by atoms with Crippen LogP contribution < -0.4 is 30.9 Å². The standard InChI is InChI=1S/C34H42BrN11O2P/c1-44-21-22(19-40-44)24-17-28(30(48-2)18-29(24)46-15-13-45(14-16-46)23-7-9-36-10-8-23)42-34-39-20-25(35)33(43-34)41-27-6-5-26-31(38-12-11-37-26)32(27)49(3,4)47/h5-6,11-12,17-21,23,36,47H,7-10,13-16H2,1-4H3,(H2,39,41,42,43)/q+1. The van der Waals surface area contributed by atoms with Crippen LogP contribution in [-0.4, -0.2) is 105 Å². The molecule has 0 amide bonds. The second-order valence-electron chi connectivity index (χ2n) is 12.9. The molecule has 0 radical (unpaired) electrons. The molecule has 256 valence electrons. The largest absolute Gasteiger partial charge is 0.494 e. The summed E-state index contributed by atoms with van der Waals surface area (Å²) in [5.74, 6) is 1.60. The number of piperidine rings is 1. The molecule has 0 saturated carbocycles. The number of piperazine rings is 1. The van der Waals surface area contributed by atoms with Gasteiger partial charge in [-0.2, -0.15) is 10.1 Å². The number of halogens is 1. The van der Waals surface area contributed by atoms with Gasteiger partial charge in [-0.05, 0) is 60.1 Å². The fraction of sp³-hybridized carbons (Fsp3) is 0.382. The van der Waals surface area contributed by atoms with E-state index >= 15 is 0 Å². The molecule has 0 spiro atoms. The number of aryl methyl sites for hydroxylation is 1. The summed E-state index contributed by atoms with van der Waals surface area (Å²) in [7, 11) is 1.10. The number of benzene rings is 2. The number of hydrogen-bond acceptors (Lipinski definition) is 12. The molecule has 0 bridgehead atoms. The van der Waals surface area contributed by atoms with E-state index in [1.165, 1.54) is 12.8 Å². The monoisotopic (exact) mass is 746 g/mol. The minimum atomic E-state index is -2.51. The molecule has 4 N–H and O–H groups in total. The summed E-state index contributed by atoms with van der Waals surface area (Å²) in [5.41, 5.74) is 6.01. The van der Waals surface area contributed by atoms with Gasteiger partial charge in [0, 0.05) is 86.9 Å². The van der Waals surface area contributed by atoms with Crippen molar-refractivity contribution in [1.82, 2.24) is 39.9 Å². The highest BCUT2D eigenvalue weighted by atomic mass is 79.9. The van der Waals surface area contributed by atoms with Crippen LogP contribution in [0.3, 0.4) is 0 Å². The second-order valence-corrected chi connectivity index (χ2v) is 17.0. The quantitative estimate of drug-likeness (QED) is 0.155. The molecule has 2 fully saturated rings. The Balaban J connectivity index is 1.19. The topological polar surface area (TPSA) is 141 Å². The molecule has 5 aromatic rings. The molecular weight excluding hydrogens is 705 g/mol. The van der Waals surface area contributed by atoms with Gasteiger partial charge in [0.15, 0.2) is 18.6 Å². The molecule has 0 atom stereocenters. The minimum absolute atomic E-state index is 0.379. The van der Waals surface area contributed by atoms with Crippen molar-refractivity contribution in [2.24, 2.45) is 7.05 Å². The molecule has 2 aliphatic rings. The third-order valence-corrected chi connectivity index (χ3v) is 11.3. The highest BCUT2D eigenvalue weighted by Gasteiger charge is 2.33. The Hall–Kier alpha value is -3.94. The number of fused-ring (bicyclic) bond motifs is 1. The highest BCUT2D eigenvalue weighted by molar-refractivity contribution is 9.10. The molecule has 49 heavy (non-hydrogen) atoms.